The number of rotatable bonds is 11. The van der Waals surface area contributed by atoms with Gasteiger partial charge in [-0.3, -0.25) is 9.59 Å². The number of hydrogen-bond acceptors (Lipinski definition) is 5. The number of nitrogens with zero attached hydrogens (tertiary/aromatic N) is 2. The van der Waals surface area contributed by atoms with Gasteiger partial charge in [-0.1, -0.05) is 18.2 Å². The van der Waals surface area contributed by atoms with Gasteiger partial charge in [0, 0.05) is 32.2 Å². The van der Waals surface area contributed by atoms with Crippen LogP contribution in [0.4, 0.5) is 4.39 Å². The molecule has 0 aliphatic heterocycles. The van der Waals surface area contributed by atoms with Crippen molar-refractivity contribution in [2.45, 2.75) is 13.1 Å². The van der Waals surface area contributed by atoms with Crippen LogP contribution >= 0.6 is 11.3 Å². The summed E-state index contributed by atoms with van der Waals surface area (Å²) < 4.78 is 23.1. The smallest absolute Gasteiger partial charge is 0.249 e. The van der Waals surface area contributed by atoms with Crippen LogP contribution in [0.5, 0.6) is 0 Å². The summed E-state index contributed by atoms with van der Waals surface area (Å²) in [6, 6.07) is 9.93. The molecule has 2 rings (SSSR count). The van der Waals surface area contributed by atoms with Gasteiger partial charge in [0.25, 0.3) is 0 Å². The quantitative estimate of drug-likeness (QED) is 0.573. The molecular weight excluding hydrogens is 383 g/mol. The summed E-state index contributed by atoms with van der Waals surface area (Å²) in [5.41, 5.74) is 0.818. The van der Waals surface area contributed by atoms with Crippen molar-refractivity contribution in [3.63, 3.8) is 0 Å². The van der Waals surface area contributed by atoms with Gasteiger partial charge in [0.2, 0.25) is 11.8 Å². The summed E-state index contributed by atoms with van der Waals surface area (Å²) in [7, 11) is 2.98. The molecule has 0 saturated heterocycles. The molecule has 1 heterocycles. The molecular formula is C20H25FN2O4S. The summed E-state index contributed by atoms with van der Waals surface area (Å²) in [5.74, 6) is -0.792. The van der Waals surface area contributed by atoms with E-state index < -0.39 is 0 Å². The van der Waals surface area contributed by atoms with Crippen molar-refractivity contribution < 1.29 is 23.5 Å². The molecule has 1 aromatic carbocycles. The first-order valence-electron chi connectivity index (χ1n) is 8.83. The van der Waals surface area contributed by atoms with Crippen LogP contribution in [0, 0.1) is 5.82 Å². The Bertz CT molecular complexity index is 737. The monoisotopic (exact) mass is 408 g/mol. The van der Waals surface area contributed by atoms with Crippen molar-refractivity contribution in [1.29, 1.82) is 0 Å². The van der Waals surface area contributed by atoms with Gasteiger partial charge in [-0.2, -0.15) is 0 Å². The Morgan fingerprint density at radius 1 is 1.00 bits per heavy atom. The molecule has 0 radical (unpaired) electrons. The van der Waals surface area contributed by atoms with Crippen molar-refractivity contribution in [2.24, 2.45) is 0 Å². The van der Waals surface area contributed by atoms with Crippen LogP contribution < -0.4 is 0 Å². The highest BCUT2D eigenvalue weighted by atomic mass is 32.1. The summed E-state index contributed by atoms with van der Waals surface area (Å²) >= 11 is 1.55. The van der Waals surface area contributed by atoms with Crippen LogP contribution in [-0.4, -0.2) is 62.1 Å². The average Bonchev–Trinajstić information content (AvgIpc) is 3.19. The fourth-order valence-electron chi connectivity index (χ4n) is 2.60. The highest BCUT2D eigenvalue weighted by molar-refractivity contribution is 7.09. The Balaban J connectivity index is 2.13. The molecule has 6 nitrogen and oxygen atoms in total. The largest absolute Gasteiger partial charge is 0.383 e. The molecule has 1 aromatic heterocycles. The van der Waals surface area contributed by atoms with Gasteiger partial charge in [0.05, 0.1) is 19.7 Å². The van der Waals surface area contributed by atoms with E-state index in [0.717, 1.165) is 10.4 Å². The second kappa shape index (κ2) is 11.5. The van der Waals surface area contributed by atoms with Crippen LogP contribution in [0.15, 0.2) is 41.8 Å². The topological polar surface area (TPSA) is 59.1 Å². The summed E-state index contributed by atoms with van der Waals surface area (Å²) in [6.45, 7) is 1.20. The highest BCUT2D eigenvalue weighted by Crippen LogP contribution is 2.15. The number of thiophene rings is 1. The number of ether oxygens (including phenoxy) is 2. The van der Waals surface area contributed by atoms with Gasteiger partial charge >= 0.3 is 0 Å². The van der Waals surface area contributed by atoms with Gasteiger partial charge in [0.1, 0.15) is 12.4 Å². The Kier molecular flexibility index (Phi) is 9.06. The first kappa shape index (κ1) is 22.0. The fourth-order valence-corrected chi connectivity index (χ4v) is 3.32. The third kappa shape index (κ3) is 7.03. The van der Waals surface area contributed by atoms with Gasteiger partial charge in [0.15, 0.2) is 0 Å². The lowest BCUT2D eigenvalue weighted by molar-refractivity contribution is -0.143. The fraction of sp³-hybridized carbons (Fsp3) is 0.400. The average molecular weight is 408 g/mol. The van der Waals surface area contributed by atoms with E-state index >= 15 is 0 Å². The second-order valence-corrected chi connectivity index (χ2v) is 7.23. The lowest BCUT2D eigenvalue weighted by Crippen LogP contribution is -2.44. The van der Waals surface area contributed by atoms with Gasteiger partial charge in [-0.05, 0) is 29.1 Å². The van der Waals surface area contributed by atoms with Crippen LogP contribution in [0.3, 0.4) is 0 Å². The molecule has 0 N–H and O–H groups in total. The van der Waals surface area contributed by atoms with Crippen molar-refractivity contribution in [3.8, 4) is 0 Å². The molecule has 0 bridgehead atoms. The molecule has 28 heavy (non-hydrogen) atoms. The maximum atomic E-state index is 13.2. The van der Waals surface area contributed by atoms with E-state index in [0.29, 0.717) is 26.2 Å². The summed E-state index contributed by atoms with van der Waals surface area (Å²) in [5, 5.41) is 1.95. The lowest BCUT2D eigenvalue weighted by atomic mass is 10.2. The minimum atomic E-state index is -0.323. The van der Waals surface area contributed by atoms with E-state index in [1.165, 1.54) is 24.1 Å². The molecule has 0 atom stereocenters. The molecule has 2 aromatic rings. The van der Waals surface area contributed by atoms with Crippen LogP contribution in [0.25, 0.3) is 0 Å². The van der Waals surface area contributed by atoms with E-state index in [1.54, 1.807) is 35.5 Å². The molecule has 8 heteroatoms. The van der Waals surface area contributed by atoms with E-state index in [1.807, 2.05) is 17.5 Å². The number of methoxy groups -OCH3 is 2. The zero-order chi connectivity index (χ0) is 20.4. The Morgan fingerprint density at radius 2 is 1.75 bits per heavy atom. The summed E-state index contributed by atoms with van der Waals surface area (Å²) in [4.78, 5) is 29.4. The minimum Gasteiger partial charge on any atom is -0.383 e. The predicted octanol–water partition coefficient (Wildman–Crippen LogP) is 2.54. The Labute approximate surface area is 168 Å². The van der Waals surface area contributed by atoms with Gasteiger partial charge < -0.3 is 19.3 Å². The first-order chi connectivity index (χ1) is 13.5. The number of hydrogen-bond donors (Lipinski definition) is 0. The van der Waals surface area contributed by atoms with E-state index in [-0.39, 0.29) is 30.8 Å². The molecule has 0 unspecified atom stereocenters. The number of halogens is 1. The maximum absolute atomic E-state index is 13.2. The number of carbonyl (C=O) groups is 2. The van der Waals surface area contributed by atoms with E-state index in [9.17, 15) is 14.0 Å². The SMILES string of the molecule is COCCN(CC(=O)N(Cc1ccc(F)cc1)Cc1cccs1)C(=O)COC. The third-order valence-corrected chi connectivity index (χ3v) is 4.94. The molecule has 0 spiro atoms. The molecule has 0 aliphatic carbocycles. The standard InChI is InChI=1S/C20H25FN2O4S/c1-26-10-9-22(20(25)15-27-2)14-19(24)23(13-18-4-3-11-28-18)12-16-5-7-17(21)8-6-16/h3-8,11H,9-10,12-15H2,1-2H3. The van der Waals surface area contributed by atoms with E-state index in [2.05, 4.69) is 0 Å². The second-order valence-electron chi connectivity index (χ2n) is 6.20. The van der Waals surface area contributed by atoms with Gasteiger partial charge in [-0.15, -0.1) is 11.3 Å². The lowest BCUT2D eigenvalue weighted by Gasteiger charge is -2.27. The molecule has 2 amide bonds. The minimum absolute atomic E-state index is 0.0713. The van der Waals surface area contributed by atoms with Crippen molar-refractivity contribution in [1.82, 2.24) is 9.80 Å². The van der Waals surface area contributed by atoms with Crippen molar-refractivity contribution in [2.75, 3.05) is 40.5 Å². The highest BCUT2D eigenvalue weighted by Gasteiger charge is 2.22. The first-order valence-corrected chi connectivity index (χ1v) is 9.71. The number of carbonyl (C=O) groups excluding carboxylic acids is 2. The zero-order valence-electron chi connectivity index (χ0n) is 16.1. The van der Waals surface area contributed by atoms with E-state index in [4.69, 9.17) is 9.47 Å². The Morgan fingerprint density at radius 3 is 2.36 bits per heavy atom. The summed E-state index contributed by atoms with van der Waals surface area (Å²) in [6.07, 6.45) is 0. The molecule has 152 valence electrons. The van der Waals surface area contributed by atoms with Crippen LogP contribution in [0.2, 0.25) is 0 Å². The normalized spacial score (nSPS) is 10.7. The molecule has 0 fully saturated rings. The number of benzene rings is 1. The van der Waals surface area contributed by atoms with Crippen molar-refractivity contribution >= 4 is 23.2 Å². The molecule has 0 aliphatic rings. The number of amides is 2. The van der Waals surface area contributed by atoms with Crippen LogP contribution in [0.1, 0.15) is 10.4 Å². The third-order valence-electron chi connectivity index (χ3n) is 4.08. The zero-order valence-corrected chi connectivity index (χ0v) is 16.9. The Hall–Kier alpha value is -2.29. The van der Waals surface area contributed by atoms with Crippen molar-refractivity contribution in [3.05, 3.63) is 58.0 Å². The van der Waals surface area contributed by atoms with Gasteiger partial charge in [-0.25, -0.2) is 4.39 Å². The molecule has 0 saturated carbocycles. The predicted molar refractivity (Wildman–Crippen MR) is 105 cm³/mol. The van der Waals surface area contributed by atoms with Crippen LogP contribution in [-0.2, 0) is 32.2 Å². The maximum Gasteiger partial charge on any atom is 0.249 e.